The van der Waals surface area contributed by atoms with Gasteiger partial charge in [0, 0.05) is 36.9 Å². The predicted octanol–water partition coefficient (Wildman–Crippen LogP) is 15.7. The Bertz CT molecular complexity index is 3630. The zero-order chi connectivity index (χ0) is 40.3. The van der Waals surface area contributed by atoms with Gasteiger partial charge in [0.1, 0.15) is 0 Å². The third kappa shape index (κ3) is 6.16. The molecule has 2 aromatic heterocycles. The maximum Gasteiger partial charge on any atom is 0.164 e. The molecule has 0 saturated heterocycles. The van der Waals surface area contributed by atoms with Gasteiger partial charge in [-0.15, -0.1) is 11.3 Å². The fourth-order valence-electron chi connectivity index (χ4n) is 8.94. The maximum absolute atomic E-state index is 5.26. The van der Waals surface area contributed by atoms with Gasteiger partial charge in [-0.05, 0) is 83.9 Å². The van der Waals surface area contributed by atoms with Gasteiger partial charge in [-0.2, -0.15) is 0 Å². The fourth-order valence-corrected chi connectivity index (χ4v) is 10.1. The highest BCUT2D eigenvalue weighted by atomic mass is 32.1. The second-order valence-electron chi connectivity index (χ2n) is 15.5. The average molecular weight is 794 g/mol. The van der Waals surface area contributed by atoms with Crippen molar-refractivity contribution in [2.45, 2.75) is 0 Å². The van der Waals surface area contributed by atoms with E-state index in [1.807, 2.05) is 17.4 Å². The summed E-state index contributed by atoms with van der Waals surface area (Å²) in [6.45, 7) is 0. The lowest BCUT2D eigenvalue weighted by atomic mass is 9.89. The van der Waals surface area contributed by atoms with E-state index in [9.17, 15) is 0 Å². The van der Waals surface area contributed by atoms with Gasteiger partial charge in [0.25, 0.3) is 0 Å². The summed E-state index contributed by atoms with van der Waals surface area (Å²) in [5, 5.41) is 10.0. The summed E-state index contributed by atoms with van der Waals surface area (Å²) in [5.74, 6) is 1.89. The van der Waals surface area contributed by atoms with E-state index in [2.05, 4.69) is 206 Å². The summed E-state index contributed by atoms with van der Waals surface area (Å²) in [6.07, 6.45) is 0. The minimum absolute atomic E-state index is 0.627. The molecule has 0 radical (unpaired) electrons. The Hall–Kier alpha value is -7.79. The molecule has 0 spiro atoms. The van der Waals surface area contributed by atoms with Crippen LogP contribution in [0.3, 0.4) is 0 Å². The van der Waals surface area contributed by atoms with Crippen LogP contribution in [0.2, 0.25) is 0 Å². The summed E-state index contributed by atoms with van der Waals surface area (Å²) >= 11 is 1.83. The van der Waals surface area contributed by atoms with Crippen molar-refractivity contribution < 1.29 is 0 Å². The molecule has 4 heteroatoms. The summed E-state index contributed by atoms with van der Waals surface area (Å²) < 4.78 is 2.55. The van der Waals surface area contributed by atoms with Crippen LogP contribution in [0.1, 0.15) is 0 Å². The molecule has 10 aromatic carbocycles. The van der Waals surface area contributed by atoms with Crippen molar-refractivity contribution >= 4 is 63.8 Å². The SMILES string of the molecule is c1ccc(-c2ccc(-c3nc(-c4ccc(-c5c6ccccc6cc6c5ccc5ccccc56)cc4)nc(-c4ccccc4-c4ccc5c(c4)sc4ccccc45)n3)cc2)cc1. The lowest BCUT2D eigenvalue weighted by Crippen LogP contribution is -2.01. The van der Waals surface area contributed by atoms with Gasteiger partial charge in [0.05, 0.1) is 0 Å². The van der Waals surface area contributed by atoms with Crippen LogP contribution in [0.5, 0.6) is 0 Å². The molecule has 3 nitrogen and oxygen atoms in total. The zero-order valence-corrected chi connectivity index (χ0v) is 33.8. The van der Waals surface area contributed by atoms with Crippen molar-refractivity contribution in [2.75, 3.05) is 0 Å². The standard InChI is InChI=1S/C57H35N3S/c1-2-12-36(13-3-1)37-22-26-40(27-23-37)55-58-56(60-57(59-55)50-20-9-8-17-45(50)43-31-32-48-47-19-10-11-21-52(47)61-53(48)35-43)41-28-24-39(25-29-41)54-46-18-7-5-15-42(46)34-51-44-16-6-4-14-38(44)30-33-49(51)54/h1-35H. The first-order valence-corrected chi connectivity index (χ1v) is 21.4. The van der Waals surface area contributed by atoms with Crippen molar-refractivity contribution in [3.63, 3.8) is 0 Å². The van der Waals surface area contributed by atoms with Crippen molar-refractivity contribution in [1.29, 1.82) is 0 Å². The lowest BCUT2D eigenvalue weighted by Gasteiger charge is -2.15. The molecular formula is C57H35N3S. The summed E-state index contributed by atoms with van der Waals surface area (Å²) in [6, 6.07) is 75.8. The minimum Gasteiger partial charge on any atom is -0.208 e. The molecule has 2 heterocycles. The number of fused-ring (bicyclic) bond motifs is 7. The van der Waals surface area contributed by atoms with Crippen molar-refractivity contribution in [3.8, 4) is 67.5 Å². The fraction of sp³-hybridized carbons (Fsp3) is 0. The molecule has 0 unspecified atom stereocenters. The van der Waals surface area contributed by atoms with Crippen molar-refractivity contribution in [1.82, 2.24) is 15.0 Å². The van der Waals surface area contributed by atoms with E-state index in [1.54, 1.807) is 0 Å². The molecule has 0 fully saturated rings. The first kappa shape index (κ1) is 35.2. The minimum atomic E-state index is 0.627. The van der Waals surface area contributed by atoms with Gasteiger partial charge < -0.3 is 0 Å². The molecule has 0 aliphatic heterocycles. The predicted molar refractivity (Wildman–Crippen MR) is 258 cm³/mol. The molecule has 61 heavy (non-hydrogen) atoms. The van der Waals surface area contributed by atoms with Gasteiger partial charge in [-0.25, -0.2) is 15.0 Å². The van der Waals surface area contributed by atoms with E-state index in [4.69, 9.17) is 15.0 Å². The highest BCUT2D eigenvalue weighted by Crippen LogP contribution is 2.41. The summed E-state index contributed by atoms with van der Waals surface area (Å²) in [5.41, 5.74) is 9.71. The van der Waals surface area contributed by atoms with Gasteiger partial charge in [-0.3, -0.25) is 0 Å². The molecule has 284 valence electrons. The number of hydrogen-bond donors (Lipinski definition) is 0. The molecule has 0 saturated carbocycles. The largest absolute Gasteiger partial charge is 0.208 e. The smallest absolute Gasteiger partial charge is 0.164 e. The molecule has 0 aliphatic carbocycles. The van der Waals surface area contributed by atoms with Crippen LogP contribution in [0.15, 0.2) is 212 Å². The van der Waals surface area contributed by atoms with Crippen LogP contribution in [0.25, 0.3) is 120 Å². The normalized spacial score (nSPS) is 11.6. The van der Waals surface area contributed by atoms with E-state index in [1.165, 1.54) is 63.6 Å². The molecule has 0 atom stereocenters. The summed E-state index contributed by atoms with van der Waals surface area (Å²) in [7, 11) is 0. The van der Waals surface area contributed by atoms with Crippen LogP contribution < -0.4 is 0 Å². The highest BCUT2D eigenvalue weighted by Gasteiger charge is 2.18. The zero-order valence-electron chi connectivity index (χ0n) is 33.0. The Morgan fingerprint density at radius 2 is 0.787 bits per heavy atom. The van der Waals surface area contributed by atoms with E-state index < -0.39 is 0 Å². The molecule has 0 amide bonds. The molecule has 12 rings (SSSR count). The summed E-state index contributed by atoms with van der Waals surface area (Å²) in [4.78, 5) is 15.7. The molecular weight excluding hydrogens is 759 g/mol. The first-order chi connectivity index (χ1) is 30.2. The third-order valence-corrected chi connectivity index (χ3v) is 13.1. The maximum atomic E-state index is 5.26. The van der Waals surface area contributed by atoms with Crippen LogP contribution in [-0.4, -0.2) is 15.0 Å². The molecule has 0 bridgehead atoms. The number of aromatic nitrogens is 3. The first-order valence-electron chi connectivity index (χ1n) is 20.6. The van der Waals surface area contributed by atoms with E-state index >= 15 is 0 Å². The third-order valence-electron chi connectivity index (χ3n) is 11.9. The van der Waals surface area contributed by atoms with Crippen LogP contribution in [0.4, 0.5) is 0 Å². The number of hydrogen-bond acceptors (Lipinski definition) is 4. The Kier molecular flexibility index (Phi) is 8.36. The van der Waals surface area contributed by atoms with E-state index in [0.29, 0.717) is 17.5 Å². The van der Waals surface area contributed by atoms with Crippen molar-refractivity contribution in [3.05, 3.63) is 212 Å². The number of benzene rings is 10. The van der Waals surface area contributed by atoms with Crippen LogP contribution >= 0.6 is 11.3 Å². The Morgan fingerprint density at radius 1 is 0.262 bits per heavy atom. The number of rotatable bonds is 6. The quantitative estimate of drug-likeness (QED) is 0.124. The van der Waals surface area contributed by atoms with E-state index in [-0.39, 0.29) is 0 Å². The molecule has 0 N–H and O–H groups in total. The molecule has 12 aromatic rings. The Balaban J connectivity index is 1.01. The van der Waals surface area contributed by atoms with Crippen molar-refractivity contribution in [2.24, 2.45) is 0 Å². The van der Waals surface area contributed by atoms with Gasteiger partial charge in [0.15, 0.2) is 17.5 Å². The van der Waals surface area contributed by atoms with Gasteiger partial charge in [0.2, 0.25) is 0 Å². The lowest BCUT2D eigenvalue weighted by molar-refractivity contribution is 1.07. The Labute approximate surface area is 356 Å². The second-order valence-corrected chi connectivity index (χ2v) is 16.6. The number of nitrogens with zero attached hydrogens (tertiary/aromatic N) is 3. The Morgan fingerprint density at radius 3 is 1.56 bits per heavy atom. The second kappa shape index (κ2) is 14.5. The number of thiophene rings is 1. The monoisotopic (exact) mass is 793 g/mol. The van der Waals surface area contributed by atoms with Gasteiger partial charge in [-0.1, -0.05) is 194 Å². The topological polar surface area (TPSA) is 38.7 Å². The highest BCUT2D eigenvalue weighted by molar-refractivity contribution is 7.25. The van der Waals surface area contributed by atoms with Crippen LogP contribution in [0, 0.1) is 0 Å². The average Bonchev–Trinajstić information content (AvgIpc) is 3.71. The van der Waals surface area contributed by atoms with Crippen LogP contribution in [-0.2, 0) is 0 Å². The molecule has 0 aliphatic rings. The van der Waals surface area contributed by atoms with E-state index in [0.717, 1.165) is 38.9 Å². The van der Waals surface area contributed by atoms with Gasteiger partial charge >= 0.3 is 0 Å².